The van der Waals surface area contributed by atoms with Crippen LogP contribution in [0.5, 0.6) is 0 Å². The first-order valence-corrected chi connectivity index (χ1v) is 8.64. The van der Waals surface area contributed by atoms with Crippen LogP contribution in [-0.4, -0.2) is 46.0 Å². The molecular formula is C19H24N4O2. The Morgan fingerprint density at radius 3 is 2.72 bits per heavy atom. The third-order valence-corrected chi connectivity index (χ3v) is 4.75. The first kappa shape index (κ1) is 17.2. The van der Waals surface area contributed by atoms with E-state index in [1.807, 2.05) is 44.2 Å². The molecule has 2 amide bonds. The molecule has 2 aromatic rings. The first-order valence-electron chi connectivity index (χ1n) is 8.64. The molecule has 0 aliphatic carbocycles. The fourth-order valence-corrected chi connectivity index (χ4v) is 3.19. The number of nitrogens with zero attached hydrogens (tertiary/aromatic N) is 2. The quantitative estimate of drug-likeness (QED) is 0.866. The summed E-state index contributed by atoms with van der Waals surface area (Å²) >= 11 is 0. The number of rotatable bonds is 5. The van der Waals surface area contributed by atoms with Gasteiger partial charge in [-0.1, -0.05) is 30.3 Å². The van der Waals surface area contributed by atoms with Crippen LogP contribution in [0, 0.1) is 13.8 Å². The molecule has 0 bridgehead atoms. The van der Waals surface area contributed by atoms with E-state index < -0.39 is 0 Å². The molecule has 1 aliphatic rings. The first-order chi connectivity index (χ1) is 12.0. The SMILES string of the molecule is Cc1[nH]nc(CCC(=O)N2CC(=O)N[C@@H](Cc3ccccc3)C2)c1C. The van der Waals surface area contributed by atoms with E-state index in [4.69, 9.17) is 0 Å². The molecule has 6 heteroatoms. The normalized spacial score (nSPS) is 17.4. The zero-order chi connectivity index (χ0) is 17.8. The monoisotopic (exact) mass is 340 g/mol. The van der Waals surface area contributed by atoms with Crippen LogP contribution >= 0.6 is 0 Å². The van der Waals surface area contributed by atoms with Crippen LogP contribution in [0.2, 0.25) is 0 Å². The molecule has 2 N–H and O–H groups in total. The van der Waals surface area contributed by atoms with Gasteiger partial charge in [0.1, 0.15) is 0 Å². The lowest BCUT2D eigenvalue weighted by atomic mass is 10.0. The molecule has 2 heterocycles. The zero-order valence-corrected chi connectivity index (χ0v) is 14.7. The summed E-state index contributed by atoms with van der Waals surface area (Å²) in [6.07, 6.45) is 1.70. The molecule has 0 radical (unpaired) electrons. The van der Waals surface area contributed by atoms with Gasteiger partial charge in [0.25, 0.3) is 0 Å². The van der Waals surface area contributed by atoms with E-state index in [1.54, 1.807) is 4.90 Å². The molecule has 3 rings (SSSR count). The number of carbonyl (C=O) groups is 2. The summed E-state index contributed by atoms with van der Waals surface area (Å²) in [4.78, 5) is 26.2. The Morgan fingerprint density at radius 1 is 1.28 bits per heavy atom. The van der Waals surface area contributed by atoms with Crippen molar-refractivity contribution >= 4 is 11.8 Å². The van der Waals surface area contributed by atoms with E-state index in [0.29, 0.717) is 19.4 Å². The van der Waals surface area contributed by atoms with E-state index in [9.17, 15) is 9.59 Å². The molecule has 1 aromatic heterocycles. The van der Waals surface area contributed by atoms with Gasteiger partial charge in [0.15, 0.2) is 0 Å². The minimum absolute atomic E-state index is 0.00737. The molecule has 0 saturated carbocycles. The highest BCUT2D eigenvalue weighted by atomic mass is 16.2. The lowest BCUT2D eigenvalue weighted by molar-refractivity contribution is -0.139. The summed E-state index contributed by atoms with van der Waals surface area (Å²) in [5, 5.41) is 10.2. The van der Waals surface area contributed by atoms with Crippen molar-refractivity contribution in [1.29, 1.82) is 0 Å². The largest absolute Gasteiger partial charge is 0.350 e. The third kappa shape index (κ3) is 4.26. The van der Waals surface area contributed by atoms with Gasteiger partial charge >= 0.3 is 0 Å². The van der Waals surface area contributed by atoms with Gasteiger partial charge in [-0.05, 0) is 31.4 Å². The molecule has 132 valence electrons. The van der Waals surface area contributed by atoms with Crippen molar-refractivity contribution in [3.8, 4) is 0 Å². The fraction of sp³-hybridized carbons (Fsp3) is 0.421. The number of benzene rings is 1. The molecule has 1 saturated heterocycles. The maximum atomic E-state index is 12.5. The van der Waals surface area contributed by atoms with Gasteiger partial charge in [-0.25, -0.2) is 0 Å². The number of H-pyrrole nitrogens is 1. The Hall–Kier alpha value is -2.63. The number of aryl methyl sites for hydroxylation is 2. The Morgan fingerprint density at radius 2 is 2.04 bits per heavy atom. The lowest BCUT2D eigenvalue weighted by Crippen LogP contribution is -2.56. The summed E-state index contributed by atoms with van der Waals surface area (Å²) in [6.45, 7) is 4.67. The number of aromatic nitrogens is 2. The summed E-state index contributed by atoms with van der Waals surface area (Å²) in [7, 11) is 0. The molecule has 1 atom stereocenters. The Bertz CT molecular complexity index is 754. The number of hydrogen-bond acceptors (Lipinski definition) is 3. The molecule has 0 unspecified atom stereocenters. The zero-order valence-electron chi connectivity index (χ0n) is 14.7. The highest BCUT2D eigenvalue weighted by Gasteiger charge is 2.27. The van der Waals surface area contributed by atoms with Crippen LogP contribution < -0.4 is 5.32 Å². The van der Waals surface area contributed by atoms with Crippen molar-refractivity contribution in [3.63, 3.8) is 0 Å². The van der Waals surface area contributed by atoms with Crippen LogP contribution in [0.4, 0.5) is 0 Å². The average molecular weight is 340 g/mol. The second kappa shape index (κ2) is 7.51. The molecule has 1 aliphatic heterocycles. The van der Waals surface area contributed by atoms with E-state index in [2.05, 4.69) is 15.5 Å². The second-order valence-electron chi connectivity index (χ2n) is 6.65. The molecule has 6 nitrogen and oxygen atoms in total. The summed E-state index contributed by atoms with van der Waals surface area (Å²) in [5.41, 5.74) is 4.21. The number of aromatic amines is 1. The number of piperazine rings is 1. The highest BCUT2D eigenvalue weighted by molar-refractivity contribution is 5.86. The van der Waals surface area contributed by atoms with Gasteiger partial charge in [0.2, 0.25) is 11.8 Å². The number of hydrogen-bond donors (Lipinski definition) is 2. The molecule has 25 heavy (non-hydrogen) atoms. The maximum Gasteiger partial charge on any atom is 0.239 e. The molecule has 0 spiro atoms. The number of carbonyl (C=O) groups excluding carboxylic acids is 2. The van der Waals surface area contributed by atoms with Gasteiger partial charge < -0.3 is 10.2 Å². The van der Waals surface area contributed by atoms with Crippen molar-refractivity contribution in [1.82, 2.24) is 20.4 Å². The molecule has 1 fully saturated rings. The standard InChI is InChI=1S/C19H24N4O2/c1-13-14(2)21-22-17(13)8-9-19(25)23-11-16(20-18(24)12-23)10-15-6-4-3-5-7-15/h3-7,16H,8-12H2,1-2H3,(H,20,24)(H,21,22)/t16-/m0/s1. The third-order valence-electron chi connectivity index (χ3n) is 4.75. The van der Waals surface area contributed by atoms with Crippen LogP contribution in [0.1, 0.15) is 28.9 Å². The summed E-state index contributed by atoms with van der Waals surface area (Å²) < 4.78 is 0. The van der Waals surface area contributed by atoms with Crippen LogP contribution in [-0.2, 0) is 22.4 Å². The van der Waals surface area contributed by atoms with Gasteiger partial charge in [-0.15, -0.1) is 0 Å². The van der Waals surface area contributed by atoms with Gasteiger partial charge in [-0.2, -0.15) is 5.10 Å². The fourth-order valence-electron chi connectivity index (χ4n) is 3.19. The summed E-state index contributed by atoms with van der Waals surface area (Å²) in [5.74, 6) is -0.0831. The smallest absolute Gasteiger partial charge is 0.239 e. The summed E-state index contributed by atoms with van der Waals surface area (Å²) in [6, 6.07) is 9.97. The topological polar surface area (TPSA) is 78.1 Å². The van der Waals surface area contributed by atoms with E-state index in [1.165, 1.54) is 0 Å². The van der Waals surface area contributed by atoms with Crippen LogP contribution in [0.3, 0.4) is 0 Å². The highest BCUT2D eigenvalue weighted by Crippen LogP contribution is 2.13. The van der Waals surface area contributed by atoms with Crippen molar-refractivity contribution in [2.24, 2.45) is 0 Å². The number of nitrogens with one attached hydrogen (secondary N) is 2. The minimum atomic E-state index is -0.0904. The van der Waals surface area contributed by atoms with Crippen molar-refractivity contribution in [3.05, 3.63) is 52.8 Å². The molecule has 1 aromatic carbocycles. The number of amides is 2. The van der Waals surface area contributed by atoms with Gasteiger partial charge in [0.05, 0.1) is 18.3 Å². The Kier molecular flexibility index (Phi) is 5.16. The second-order valence-corrected chi connectivity index (χ2v) is 6.65. The maximum absolute atomic E-state index is 12.5. The van der Waals surface area contributed by atoms with E-state index in [0.717, 1.165) is 28.9 Å². The Labute approximate surface area is 147 Å². The average Bonchev–Trinajstić information content (AvgIpc) is 2.92. The predicted octanol–water partition coefficient (Wildman–Crippen LogP) is 1.53. The Balaban J connectivity index is 1.58. The van der Waals surface area contributed by atoms with Crippen molar-refractivity contribution in [2.75, 3.05) is 13.1 Å². The molecular weight excluding hydrogens is 316 g/mol. The van der Waals surface area contributed by atoms with Gasteiger partial charge in [-0.3, -0.25) is 14.7 Å². The van der Waals surface area contributed by atoms with Crippen LogP contribution in [0.25, 0.3) is 0 Å². The van der Waals surface area contributed by atoms with Crippen molar-refractivity contribution in [2.45, 2.75) is 39.2 Å². The lowest BCUT2D eigenvalue weighted by Gasteiger charge is -2.33. The van der Waals surface area contributed by atoms with E-state index in [-0.39, 0.29) is 24.4 Å². The van der Waals surface area contributed by atoms with E-state index >= 15 is 0 Å². The van der Waals surface area contributed by atoms with Crippen LogP contribution in [0.15, 0.2) is 30.3 Å². The van der Waals surface area contributed by atoms with Gasteiger partial charge in [0, 0.05) is 25.1 Å². The van der Waals surface area contributed by atoms with Crippen molar-refractivity contribution < 1.29 is 9.59 Å². The predicted molar refractivity (Wildman–Crippen MR) is 95.0 cm³/mol. The minimum Gasteiger partial charge on any atom is -0.350 e.